The van der Waals surface area contributed by atoms with Crippen LogP contribution in [0.3, 0.4) is 0 Å². The molecule has 19 heteroatoms. The Morgan fingerprint density at radius 3 is 0.817 bits per heavy atom. The van der Waals surface area contributed by atoms with Crippen molar-refractivity contribution in [3.63, 3.8) is 0 Å². The van der Waals surface area contributed by atoms with E-state index >= 15 is 0 Å². The van der Waals surface area contributed by atoms with Gasteiger partial charge in [0.05, 0.1) is 26.4 Å². The van der Waals surface area contributed by atoms with Crippen molar-refractivity contribution in [2.45, 2.75) is 394 Å². The number of phosphoric acid groups is 2. The van der Waals surface area contributed by atoms with Crippen molar-refractivity contribution in [2.24, 2.45) is 17.8 Å². The van der Waals surface area contributed by atoms with Gasteiger partial charge in [0.15, 0.2) is 12.2 Å². The highest BCUT2D eigenvalue weighted by atomic mass is 31.2. The third kappa shape index (κ3) is 67.0. The fraction of sp³-hybridized carbons (Fsp3) is 0.946. The topological polar surface area (TPSA) is 237 Å². The van der Waals surface area contributed by atoms with Crippen molar-refractivity contribution >= 4 is 39.5 Å². The minimum Gasteiger partial charge on any atom is -0.462 e. The van der Waals surface area contributed by atoms with E-state index in [1.807, 2.05) is 0 Å². The largest absolute Gasteiger partial charge is 0.472 e. The molecule has 0 radical (unpaired) electrons. The summed E-state index contributed by atoms with van der Waals surface area (Å²) in [6, 6.07) is 0. The molecule has 0 aliphatic heterocycles. The molecule has 0 amide bonds. The second kappa shape index (κ2) is 64.7. The molecule has 0 rings (SSSR count). The Hall–Kier alpha value is -1.94. The van der Waals surface area contributed by atoms with Gasteiger partial charge in [-0.05, 0) is 43.4 Å². The molecule has 17 nitrogen and oxygen atoms in total. The number of aliphatic hydroxyl groups excluding tert-OH is 1. The van der Waals surface area contributed by atoms with E-state index in [2.05, 4.69) is 48.5 Å². The molecule has 3 N–H and O–H groups in total. The summed E-state index contributed by atoms with van der Waals surface area (Å²) in [5, 5.41) is 10.6. The predicted octanol–water partition coefficient (Wildman–Crippen LogP) is 21.4. The van der Waals surface area contributed by atoms with Crippen LogP contribution in [0.25, 0.3) is 0 Å². The van der Waals surface area contributed by atoms with Gasteiger partial charge in [-0.2, -0.15) is 0 Å². The van der Waals surface area contributed by atoms with Gasteiger partial charge < -0.3 is 33.8 Å². The van der Waals surface area contributed by atoms with E-state index in [-0.39, 0.29) is 25.7 Å². The second-order valence-electron chi connectivity index (χ2n) is 27.9. The molecule has 0 aliphatic rings. The Balaban J connectivity index is 5.27. The first kappa shape index (κ1) is 91.1. The van der Waals surface area contributed by atoms with Crippen LogP contribution in [-0.2, 0) is 65.4 Å². The SMILES string of the molecule is CCCCCCCCCCCCCCCCCC(=O)O[C@H](COC(=O)CCCCCCCCCCCCC(C)CC)COP(=O)(O)OC[C@@H](O)COP(=O)(O)OC[C@@H](COC(=O)CCCCCCCCCCCC(C)C)OC(=O)CCCCCCCCCCCC(C)C. The zero-order chi connectivity index (χ0) is 68.7. The minimum absolute atomic E-state index is 0.105. The number of unbranched alkanes of at least 4 members (excludes halogenated alkanes) is 39. The highest BCUT2D eigenvalue weighted by molar-refractivity contribution is 7.47. The van der Waals surface area contributed by atoms with Gasteiger partial charge in [0, 0.05) is 25.7 Å². The summed E-state index contributed by atoms with van der Waals surface area (Å²) >= 11 is 0. The Bertz CT molecular complexity index is 1820. The fourth-order valence-corrected chi connectivity index (χ4v) is 12.8. The van der Waals surface area contributed by atoms with Gasteiger partial charge in [0.1, 0.15) is 19.3 Å². The summed E-state index contributed by atoms with van der Waals surface area (Å²) < 4.78 is 68.5. The number of esters is 4. The van der Waals surface area contributed by atoms with E-state index in [1.165, 1.54) is 186 Å². The number of ether oxygens (including phenoxy) is 4. The average molecular weight is 1370 g/mol. The standard InChI is InChI=1S/C74H144O17P2/c1-8-10-11-12-13-14-15-16-17-18-19-28-36-43-50-57-73(78)90-69(61-84-71(76)55-48-41-34-27-21-20-26-33-40-47-54-67(7)9-2)63-88-92(80,81)86-59-68(75)60-87-93(82,83)89-64-70(91-74(79)58-51-44-37-30-23-25-32-39-46-53-66(5)6)62-85-72(77)56-49-42-35-29-22-24-31-38-45-52-65(3)4/h65-70,75H,8-64H2,1-7H3,(H,80,81)(H,82,83)/t67?,68-,69-,70-/m1/s1. The lowest BCUT2D eigenvalue weighted by Gasteiger charge is -2.21. The van der Waals surface area contributed by atoms with Gasteiger partial charge in [0.2, 0.25) is 0 Å². The molecule has 6 atom stereocenters. The summed E-state index contributed by atoms with van der Waals surface area (Å²) in [5.41, 5.74) is 0. The molecule has 3 unspecified atom stereocenters. The van der Waals surface area contributed by atoms with E-state index in [0.29, 0.717) is 25.7 Å². The second-order valence-corrected chi connectivity index (χ2v) is 30.8. The van der Waals surface area contributed by atoms with Gasteiger partial charge in [-0.25, -0.2) is 9.13 Å². The smallest absolute Gasteiger partial charge is 0.462 e. The zero-order valence-corrected chi connectivity index (χ0v) is 62.5. The minimum atomic E-state index is -4.96. The Labute approximate surface area is 568 Å². The van der Waals surface area contributed by atoms with Gasteiger partial charge in [-0.15, -0.1) is 0 Å². The molecule has 0 aromatic rings. The van der Waals surface area contributed by atoms with Crippen LogP contribution in [-0.4, -0.2) is 96.7 Å². The first-order valence-electron chi connectivity index (χ1n) is 38.4. The summed E-state index contributed by atoms with van der Waals surface area (Å²) in [6.45, 7) is 11.9. The van der Waals surface area contributed by atoms with Gasteiger partial charge in [0.25, 0.3) is 0 Å². The number of hydrogen-bond donors (Lipinski definition) is 3. The Morgan fingerprint density at radius 1 is 0.312 bits per heavy atom. The fourth-order valence-electron chi connectivity index (χ4n) is 11.2. The molecular weight excluding hydrogens is 1220 g/mol. The lowest BCUT2D eigenvalue weighted by molar-refractivity contribution is -0.161. The van der Waals surface area contributed by atoms with Gasteiger partial charge in [-0.3, -0.25) is 37.3 Å². The maximum atomic E-state index is 13.1. The molecular formula is C74H144O17P2. The van der Waals surface area contributed by atoms with Crippen LogP contribution in [0.2, 0.25) is 0 Å². The number of aliphatic hydroxyl groups is 1. The van der Waals surface area contributed by atoms with Crippen molar-refractivity contribution in [1.82, 2.24) is 0 Å². The van der Waals surface area contributed by atoms with Crippen LogP contribution in [0.4, 0.5) is 0 Å². The molecule has 0 saturated carbocycles. The first-order valence-corrected chi connectivity index (χ1v) is 41.4. The van der Waals surface area contributed by atoms with E-state index in [4.69, 9.17) is 37.0 Å². The van der Waals surface area contributed by atoms with Gasteiger partial charge in [-0.1, -0.05) is 325 Å². The first-order chi connectivity index (χ1) is 44.8. The molecule has 0 saturated heterocycles. The van der Waals surface area contributed by atoms with E-state index < -0.39 is 97.5 Å². The monoisotopic (exact) mass is 1370 g/mol. The average Bonchev–Trinajstić information content (AvgIpc) is 3.59. The van der Waals surface area contributed by atoms with Crippen LogP contribution in [0, 0.1) is 17.8 Å². The molecule has 0 aromatic heterocycles. The van der Waals surface area contributed by atoms with E-state index in [9.17, 15) is 43.2 Å². The van der Waals surface area contributed by atoms with Crippen LogP contribution < -0.4 is 0 Å². The number of carbonyl (C=O) groups is 4. The predicted molar refractivity (Wildman–Crippen MR) is 377 cm³/mol. The number of rotatable bonds is 72. The maximum Gasteiger partial charge on any atom is 0.472 e. The van der Waals surface area contributed by atoms with Gasteiger partial charge >= 0.3 is 39.5 Å². The molecule has 0 aliphatic carbocycles. The number of phosphoric ester groups is 2. The summed E-state index contributed by atoms with van der Waals surface area (Å²) in [5.74, 6) is 0.170. The van der Waals surface area contributed by atoms with Crippen LogP contribution in [0.15, 0.2) is 0 Å². The van der Waals surface area contributed by atoms with Crippen molar-refractivity contribution in [2.75, 3.05) is 39.6 Å². The quantitative estimate of drug-likeness (QED) is 0.0222. The lowest BCUT2D eigenvalue weighted by atomic mass is 9.99. The van der Waals surface area contributed by atoms with Crippen LogP contribution >= 0.6 is 15.6 Å². The van der Waals surface area contributed by atoms with Crippen molar-refractivity contribution in [3.05, 3.63) is 0 Å². The highest BCUT2D eigenvalue weighted by Crippen LogP contribution is 2.45. The third-order valence-electron chi connectivity index (χ3n) is 17.5. The number of carbonyl (C=O) groups excluding carboxylic acids is 4. The molecule has 0 aromatic carbocycles. The summed E-state index contributed by atoms with van der Waals surface area (Å²) in [6.07, 6.45) is 49.8. The van der Waals surface area contributed by atoms with Crippen molar-refractivity contribution in [1.29, 1.82) is 0 Å². The molecule has 0 spiro atoms. The highest BCUT2D eigenvalue weighted by Gasteiger charge is 2.30. The maximum absolute atomic E-state index is 13.1. The number of hydrogen-bond acceptors (Lipinski definition) is 15. The zero-order valence-electron chi connectivity index (χ0n) is 60.7. The molecule has 0 bridgehead atoms. The molecule has 93 heavy (non-hydrogen) atoms. The molecule has 0 fully saturated rings. The van der Waals surface area contributed by atoms with E-state index in [1.54, 1.807) is 0 Å². The normalized spacial score (nSPS) is 14.4. The Morgan fingerprint density at radius 2 is 0.548 bits per heavy atom. The molecule has 0 heterocycles. The van der Waals surface area contributed by atoms with Crippen molar-refractivity contribution in [3.8, 4) is 0 Å². The van der Waals surface area contributed by atoms with Crippen LogP contribution in [0.1, 0.15) is 376 Å². The summed E-state index contributed by atoms with van der Waals surface area (Å²) in [7, 11) is -9.91. The van der Waals surface area contributed by atoms with Crippen molar-refractivity contribution < 1.29 is 80.2 Å². The molecule has 552 valence electrons. The van der Waals surface area contributed by atoms with Crippen LogP contribution in [0.5, 0.6) is 0 Å². The summed E-state index contributed by atoms with van der Waals surface area (Å²) in [4.78, 5) is 72.8. The lowest BCUT2D eigenvalue weighted by Crippen LogP contribution is -2.30. The Kier molecular flexibility index (Phi) is 63.4. The third-order valence-corrected chi connectivity index (χ3v) is 19.4. The van der Waals surface area contributed by atoms with E-state index in [0.717, 1.165) is 108 Å².